The lowest BCUT2D eigenvalue weighted by molar-refractivity contribution is -0.118. The van der Waals surface area contributed by atoms with Gasteiger partial charge >= 0.3 is 0 Å². The van der Waals surface area contributed by atoms with E-state index in [1.807, 2.05) is 19.1 Å². The minimum absolute atomic E-state index is 0.201. The highest BCUT2D eigenvalue weighted by molar-refractivity contribution is 6.05. The van der Waals surface area contributed by atoms with Gasteiger partial charge in [-0.15, -0.1) is 0 Å². The summed E-state index contributed by atoms with van der Waals surface area (Å²) < 4.78 is 5.33. The summed E-state index contributed by atoms with van der Waals surface area (Å²) in [4.78, 5) is 25.5. The van der Waals surface area contributed by atoms with Gasteiger partial charge in [0.2, 0.25) is 0 Å². The predicted molar refractivity (Wildman–Crippen MR) is 103 cm³/mol. The van der Waals surface area contributed by atoms with Crippen molar-refractivity contribution in [2.75, 3.05) is 0 Å². The molecule has 2 amide bonds. The fourth-order valence-corrected chi connectivity index (χ4v) is 4.32. The van der Waals surface area contributed by atoms with Crippen molar-refractivity contribution >= 4 is 17.9 Å². The average Bonchev–Trinajstić information content (AvgIpc) is 3.39. The molecule has 2 aliphatic rings. The lowest BCUT2D eigenvalue weighted by Gasteiger charge is -2.23. The summed E-state index contributed by atoms with van der Waals surface area (Å²) >= 11 is 0. The smallest absolute Gasteiger partial charge is 0.268 e. The number of carbonyl (C=O) groups is 2. The Hall–Kier alpha value is -2.82. The van der Waals surface area contributed by atoms with E-state index in [1.54, 1.807) is 36.6 Å². The molecule has 2 N–H and O–H groups in total. The Balaban J connectivity index is 1.52. The van der Waals surface area contributed by atoms with Crippen LogP contribution >= 0.6 is 0 Å². The molecule has 2 saturated carbocycles. The van der Waals surface area contributed by atoms with E-state index in [4.69, 9.17) is 4.42 Å². The van der Waals surface area contributed by atoms with E-state index in [2.05, 4.69) is 10.6 Å². The van der Waals surface area contributed by atoms with E-state index in [0.717, 1.165) is 17.9 Å². The number of rotatable bonds is 5. The second-order valence-electron chi connectivity index (χ2n) is 7.65. The Morgan fingerprint density at radius 3 is 2.70 bits per heavy atom. The van der Waals surface area contributed by atoms with Gasteiger partial charge in [-0.1, -0.05) is 24.1 Å². The second kappa shape index (κ2) is 7.43. The average molecular weight is 364 g/mol. The Bertz CT molecular complexity index is 869. The molecule has 0 saturated heterocycles. The van der Waals surface area contributed by atoms with Crippen LogP contribution in [-0.4, -0.2) is 17.9 Å². The minimum atomic E-state index is -0.306. The van der Waals surface area contributed by atoms with Gasteiger partial charge in [-0.25, -0.2) is 0 Å². The van der Waals surface area contributed by atoms with Crippen molar-refractivity contribution in [2.45, 2.75) is 38.6 Å². The van der Waals surface area contributed by atoms with Crippen LogP contribution < -0.4 is 10.6 Å². The molecule has 1 aromatic carbocycles. The van der Waals surface area contributed by atoms with E-state index < -0.39 is 0 Å². The van der Waals surface area contributed by atoms with E-state index in [1.165, 1.54) is 19.3 Å². The highest BCUT2D eigenvalue weighted by atomic mass is 16.3. The molecule has 0 radical (unpaired) electrons. The van der Waals surface area contributed by atoms with Crippen LogP contribution in [-0.2, 0) is 4.79 Å². The molecular weight excluding hydrogens is 340 g/mol. The SMILES string of the molecule is Cc1cccc(C(=O)N/C(=C\c2ccco2)C(=O)N[C@@H]2C[C@H]3CC[C@@H]2C3)c1. The normalized spacial score (nSPS) is 24.0. The number of fused-ring (bicyclic) bond motifs is 2. The third-order valence-electron chi connectivity index (χ3n) is 5.66. The third-order valence-corrected chi connectivity index (χ3v) is 5.66. The molecule has 2 aromatic rings. The van der Waals surface area contributed by atoms with E-state index in [9.17, 15) is 9.59 Å². The summed E-state index contributed by atoms with van der Waals surface area (Å²) in [5, 5.41) is 5.89. The molecular formula is C22H24N2O3. The number of hydrogen-bond acceptors (Lipinski definition) is 3. The van der Waals surface area contributed by atoms with Crippen molar-refractivity contribution in [3.8, 4) is 0 Å². The van der Waals surface area contributed by atoms with Crippen LogP contribution in [0.2, 0.25) is 0 Å². The first kappa shape index (κ1) is 17.6. The summed E-state index contributed by atoms with van der Waals surface area (Å²) in [5.41, 5.74) is 1.72. The summed E-state index contributed by atoms with van der Waals surface area (Å²) in [7, 11) is 0. The van der Waals surface area contributed by atoms with Crippen LogP contribution in [0.25, 0.3) is 6.08 Å². The molecule has 4 rings (SSSR count). The van der Waals surface area contributed by atoms with Crippen LogP contribution in [0.5, 0.6) is 0 Å². The van der Waals surface area contributed by atoms with Gasteiger partial charge in [0.05, 0.1) is 6.26 Å². The Labute approximate surface area is 158 Å². The second-order valence-corrected chi connectivity index (χ2v) is 7.65. The summed E-state index contributed by atoms with van der Waals surface area (Å²) in [6, 6.07) is 11.0. The standard InChI is InChI=1S/C22H24N2O3/c1-14-4-2-5-17(10-14)21(25)24-20(13-18-6-3-9-27-18)22(26)23-19-12-15-7-8-16(19)11-15/h2-6,9-10,13,15-16,19H,7-8,11-12H2,1H3,(H,23,26)(H,24,25)/b20-13-/t15-,16+,19+/m0/s1. The maximum atomic E-state index is 12.9. The van der Waals surface area contributed by atoms with Gasteiger partial charge in [-0.3, -0.25) is 9.59 Å². The molecule has 140 valence electrons. The molecule has 5 nitrogen and oxygen atoms in total. The topological polar surface area (TPSA) is 71.3 Å². The molecule has 27 heavy (non-hydrogen) atoms. The number of carbonyl (C=O) groups excluding carboxylic acids is 2. The first-order chi connectivity index (χ1) is 13.1. The summed E-state index contributed by atoms with van der Waals surface area (Å²) in [6.45, 7) is 1.93. The van der Waals surface area contributed by atoms with E-state index in [-0.39, 0.29) is 23.6 Å². The third kappa shape index (κ3) is 3.97. The Morgan fingerprint density at radius 1 is 1.15 bits per heavy atom. The largest absolute Gasteiger partial charge is 0.465 e. The van der Waals surface area contributed by atoms with Gasteiger partial charge in [0, 0.05) is 17.7 Å². The Morgan fingerprint density at radius 2 is 2.04 bits per heavy atom. The fourth-order valence-electron chi connectivity index (χ4n) is 4.32. The van der Waals surface area contributed by atoms with Crippen LogP contribution in [0.3, 0.4) is 0 Å². The van der Waals surface area contributed by atoms with Gasteiger partial charge < -0.3 is 15.1 Å². The number of benzene rings is 1. The zero-order valence-electron chi connectivity index (χ0n) is 15.4. The zero-order valence-corrected chi connectivity index (χ0v) is 15.4. The molecule has 3 atom stereocenters. The lowest BCUT2D eigenvalue weighted by Crippen LogP contribution is -2.42. The van der Waals surface area contributed by atoms with Gasteiger partial charge in [0.25, 0.3) is 11.8 Å². The van der Waals surface area contributed by atoms with Gasteiger partial charge in [-0.05, 0) is 62.3 Å². The van der Waals surface area contributed by atoms with Gasteiger partial charge in [0.1, 0.15) is 11.5 Å². The number of hydrogen-bond donors (Lipinski definition) is 2. The van der Waals surface area contributed by atoms with E-state index >= 15 is 0 Å². The van der Waals surface area contributed by atoms with Crippen molar-refractivity contribution in [1.82, 2.24) is 10.6 Å². The van der Waals surface area contributed by atoms with Crippen molar-refractivity contribution < 1.29 is 14.0 Å². The van der Waals surface area contributed by atoms with Crippen molar-refractivity contribution in [2.24, 2.45) is 11.8 Å². The number of furan rings is 1. The van der Waals surface area contributed by atoms with Crippen molar-refractivity contribution in [3.63, 3.8) is 0 Å². The summed E-state index contributed by atoms with van der Waals surface area (Å²) in [6.07, 6.45) is 7.82. The maximum Gasteiger partial charge on any atom is 0.268 e. The molecule has 1 aromatic heterocycles. The molecule has 2 bridgehead atoms. The monoisotopic (exact) mass is 364 g/mol. The fraction of sp³-hybridized carbons (Fsp3) is 0.364. The molecule has 2 fully saturated rings. The Kier molecular flexibility index (Phi) is 4.84. The van der Waals surface area contributed by atoms with Crippen LogP contribution in [0, 0.1) is 18.8 Å². The molecule has 0 spiro atoms. The predicted octanol–water partition coefficient (Wildman–Crippen LogP) is 3.66. The van der Waals surface area contributed by atoms with Gasteiger partial charge in [0.15, 0.2) is 0 Å². The molecule has 5 heteroatoms. The molecule has 1 heterocycles. The van der Waals surface area contributed by atoms with E-state index in [0.29, 0.717) is 17.2 Å². The maximum absolute atomic E-state index is 12.9. The van der Waals surface area contributed by atoms with Crippen LogP contribution in [0.15, 0.2) is 52.8 Å². The van der Waals surface area contributed by atoms with Crippen LogP contribution in [0.1, 0.15) is 47.4 Å². The van der Waals surface area contributed by atoms with Crippen molar-refractivity contribution in [1.29, 1.82) is 0 Å². The number of amides is 2. The first-order valence-electron chi connectivity index (χ1n) is 9.52. The summed E-state index contributed by atoms with van der Waals surface area (Å²) in [5.74, 6) is 1.26. The molecule has 0 unspecified atom stereocenters. The number of aryl methyl sites for hydroxylation is 1. The van der Waals surface area contributed by atoms with Crippen molar-refractivity contribution in [3.05, 3.63) is 65.2 Å². The number of nitrogens with one attached hydrogen (secondary N) is 2. The first-order valence-corrected chi connectivity index (χ1v) is 9.52. The zero-order chi connectivity index (χ0) is 18.8. The van der Waals surface area contributed by atoms with Gasteiger partial charge in [-0.2, -0.15) is 0 Å². The van der Waals surface area contributed by atoms with Crippen LogP contribution in [0.4, 0.5) is 0 Å². The minimum Gasteiger partial charge on any atom is -0.465 e. The molecule has 2 aliphatic carbocycles. The quantitative estimate of drug-likeness (QED) is 0.796. The highest BCUT2D eigenvalue weighted by Gasteiger charge is 2.40. The lowest BCUT2D eigenvalue weighted by atomic mass is 9.95. The highest BCUT2D eigenvalue weighted by Crippen LogP contribution is 2.44. The molecule has 0 aliphatic heterocycles.